The first kappa shape index (κ1) is 21.1. The normalized spacial score (nSPS) is 11.3. The van der Waals surface area contributed by atoms with E-state index in [0.29, 0.717) is 13.2 Å². The number of ether oxygens (including phenoxy) is 1. The van der Waals surface area contributed by atoms with Gasteiger partial charge in [0, 0.05) is 24.2 Å². The second-order valence-corrected chi connectivity index (χ2v) is 4.92. The van der Waals surface area contributed by atoms with Crippen molar-refractivity contribution in [1.29, 1.82) is 0 Å². The lowest BCUT2D eigenvalue weighted by Crippen LogP contribution is -2.40. The first-order chi connectivity index (χ1) is 10.5. The summed E-state index contributed by atoms with van der Waals surface area (Å²) < 4.78 is 5.20. The Bertz CT molecular complexity index is 525. The maximum Gasteiger partial charge on any atom is 0.311 e. The number of carbonyl (C=O) groups excluding carboxylic acids is 1. The Morgan fingerprint density at radius 2 is 2.13 bits per heavy atom. The van der Waals surface area contributed by atoms with Crippen LogP contribution in [0.4, 0.5) is 5.69 Å². The molecule has 1 aromatic carbocycles. The standard InChI is InChI=1S/C15H23N3O4.ClH/c1-3-5-6-12(10-16)17-15(19)11-7-8-14(22-4-2)13(9-11)18(20)21;/h7-9,12H,3-6,10,16H2,1-2H3,(H,17,19);1H. The maximum atomic E-state index is 12.2. The number of benzene rings is 1. The molecule has 0 fully saturated rings. The van der Waals surface area contributed by atoms with Crippen molar-refractivity contribution in [2.75, 3.05) is 13.2 Å². The van der Waals surface area contributed by atoms with Crippen molar-refractivity contribution in [3.05, 3.63) is 33.9 Å². The highest BCUT2D eigenvalue weighted by atomic mass is 35.5. The molecule has 0 heterocycles. The van der Waals surface area contributed by atoms with Gasteiger partial charge in [0.2, 0.25) is 0 Å². The molecule has 0 spiro atoms. The Kier molecular flexibility index (Phi) is 9.92. The van der Waals surface area contributed by atoms with Gasteiger partial charge >= 0.3 is 5.69 Å². The van der Waals surface area contributed by atoms with Gasteiger partial charge in [-0.2, -0.15) is 0 Å². The van der Waals surface area contributed by atoms with Gasteiger partial charge in [0.1, 0.15) is 0 Å². The van der Waals surface area contributed by atoms with E-state index in [2.05, 4.69) is 12.2 Å². The molecule has 0 radical (unpaired) electrons. The van der Waals surface area contributed by atoms with E-state index >= 15 is 0 Å². The number of nitro benzene ring substituents is 1. The number of unbranched alkanes of at least 4 members (excludes halogenated alkanes) is 1. The molecule has 1 aromatic rings. The molecule has 0 aromatic heterocycles. The molecular weight excluding hydrogens is 322 g/mol. The Balaban J connectivity index is 0.00000484. The number of hydrogen-bond acceptors (Lipinski definition) is 5. The molecule has 130 valence electrons. The van der Waals surface area contributed by atoms with E-state index in [-0.39, 0.29) is 41.4 Å². The van der Waals surface area contributed by atoms with Gasteiger partial charge in [-0.05, 0) is 25.5 Å². The summed E-state index contributed by atoms with van der Waals surface area (Å²) in [6, 6.07) is 4.06. The minimum atomic E-state index is -0.556. The molecule has 1 amide bonds. The van der Waals surface area contributed by atoms with Gasteiger partial charge in [-0.25, -0.2) is 0 Å². The minimum Gasteiger partial charge on any atom is -0.487 e. The van der Waals surface area contributed by atoms with E-state index in [1.165, 1.54) is 18.2 Å². The van der Waals surface area contributed by atoms with E-state index in [4.69, 9.17) is 10.5 Å². The predicted molar refractivity (Wildman–Crippen MR) is 91.3 cm³/mol. The fourth-order valence-electron chi connectivity index (χ4n) is 2.05. The molecule has 0 bridgehead atoms. The average Bonchev–Trinajstić information content (AvgIpc) is 2.51. The van der Waals surface area contributed by atoms with E-state index < -0.39 is 4.92 Å². The van der Waals surface area contributed by atoms with Crippen LogP contribution in [0.1, 0.15) is 43.5 Å². The average molecular weight is 346 g/mol. The van der Waals surface area contributed by atoms with Crippen molar-refractivity contribution in [2.45, 2.75) is 39.2 Å². The van der Waals surface area contributed by atoms with E-state index in [0.717, 1.165) is 19.3 Å². The second-order valence-electron chi connectivity index (χ2n) is 4.92. The van der Waals surface area contributed by atoms with Crippen LogP contribution in [-0.4, -0.2) is 30.0 Å². The van der Waals surface area contributed by atoms with Crippen LogP contribution in [0.25, 0.3) is 0 Å². The number of nitrogens with two attached hydrogens (primary N) is 1. The third-order valence-corrected chi connectivity index (χ3v) is 3.24. The number of nitrogens with zero attached hydrogens (tertiary/aromatic N) is 1. The maximum absolute atomic E-state index is 12.2. The quantitative estimate of drug-likeness (QED) is 0.528. The van der Waals surface area contributed by atoms with Crippen molar-refractivity contribution in [1.82, 2.24) is 5.32 Å². The lowest BCUT2D eigenvalue weighted by atomic mass is 10.1. The summed E-state index contributed by atoms with van der Waals surface area (Å²) in [5, 5.41) is 13.9. The molecule has 1 atom stereocenters. The minimum absolute atomic E-state index is 0. The Morgan fingerprint density at radius 3 is 2.65 bits per heavy atom. The summed E-state index contributed by atoms with van der Waals surface area (Å²) >= 11 is 0. The summed E-state index contributed by atoms with van der Waals surface area (Å²) in [5.74, 6) is -0.205. The summed E-state index contributed by atoms with van der Waals surface area (Å²) in [6.07, 6.45) is 2.77. The summed E-state index contributed by atoms with van der Waals surface area (Å²) in [7, 11) is 0. The molecular formula is C15H24ClN3O4. The molecule has 1 rings (SSSR count). The third-order valence-electron chi connectivity index (χ3n) is 3.24. The van der Waals surface area contributed by atoms with Gasteiger partial charge in [0.25, 0.3) is 5.91 Å². The fourth-order valence-corrected chi connectivity index (χ4v) is 2.05. The Hall–Kier alpha value is -1.86. The number of carbonyl (C=O) groups is 1. The molecule has 3 N–H and O–H groups in total. The number of hydrogen-bond donors (Lipinski definition) is 2. The molecule has 0 aliphatic rings. The topological polar surface area (TPSA) is 107 Å². The zero-order valence-electron chi connectivity index (χ0n) is 13.4. The largest absolute Gasteiger partial charge is 0.487 e. The van der Waals surface area contributed by atoms with Gasteiger partial charge in [0.05, 0.1) is 11.5 Å². The van der Waals surface area contributed by atoms with Gasteiger partial charge in [-0.15, -0.1) is 12.4 Å². The predicted octanol–water partition coefficient (Wildman–Crippen LogP) is 2.66. The van der Waals surface area contributed by atoms with Gasteiger partial charge in [-0.1, -0.05) is 19.8 Å². The SMILES string of the molecule is CCCCC(CN)NC(=O)c1ccc(OCC)c([N+](=O)[O-])c1.Cl. The molecule has 0 aliphatic heterocycles. The molecule has 0 saturated heterocycles. The number of nitrogens with one attached hydrogen (secondary N) is 1. The van der Waals surface area contributed by atoms with Crippen LogP contribution in [0, 0.1) is 10.1 Å². The molecule has 23 heavy (non-hydrogen) atoms. The van der Waals surface area contributed by atoms with Crippen LogP contribution in [0.15, 0.2) is 18.2 Å². The van der Waals surface area contributed by atoms with Crippen molar-refractivity contribution in [2.24, 2.45) is 5.73 Å². The highest BCUT2D eigenvalue weighted by Crippen LogP contribution is 2.28. The van der Waals surface area contributed by atoms with E-state index in [1.54, 1.807) is 6.92 Å². The highest BCUT2D eigenvalue weighted by molar-refractivity contribution is 5.95. The van der Waals surface area contributed by atoms with Gasteiger partial charge in [0.15, 0.2) is 5.75 Å². The molecule has 0 aliphatic carbocycles. The summed E-state index contributed by atoms with van der Waals surface area (Å²) in [4.78, 5) is 22.7. The van der Waals surface area contributed by atoms with Crippen molar-refractivity contribution >= 4 is 24.0 Å². The van der Waals surface area contributed by atoms with E-state index in [9.17, 15) is 14.9 Å². The van der Waals surface area contributed by atoms with Crippen LogP contribution >= 0.6 is 12.4 Å². The van der Waals surface area contributed by atoms with Crippen LogP contribution < -0.4 is 15.8 Å². The monoisotopic (exact) mass is 345 g/mol. The van der Waals surface area contributed by atoms with Crippen LogP contribution in [0.3, 0.4) is 0 Å². The zero-order chi connectivity index (χ0) is 16.5. The summed E-state index contributed by atoms with van der Waals surface area (Å²) in [5.41, 5.74) is 5.65. The molecule has 1 unspecified atom stereocenters. The lowest BCUT2D eigenvalue weighted by molar-refractivity contribution is -0.385. The second kappa shape index (κ2) is 10.8. The number of amides is 1. The Labute approximate surface area is 142 Å². The highest BCUT2D eigenvalue weighted by Gasteiger charge is 2.19. The first-order valence-electron chi connectivity index (χ1n) is 7.45. The van der Waals surface area contributed by atoms with E-state index in [1.807, 2.05) is 0 Å². The third kappa shape index (κ3) is 6.42. The van der Waals surface area contributed by atoms with Gasteiger partial charge < -0.3 is 15.8 Å². The van der Waals surface area contributed by atoms with Crippen molar-refractivity contribution in [3.63, 3.8) is 0 Å². The van der Waals surface area contributed by atoms with Crippen LogP contribution in [0.2, 0.25) is 0 Å². The fraction of sp³-hybridized carbons (Fsp3) is 0.533. The molecule has 8 heteroatoms. The smallest absolute Gasteiger partial charge is 0.311 e. The number of halogens is 1. The first-order valence-corrected chi connectivity index (χ1v) is 7.45. The number of nitro groups is 1. The number of rotatable bonds is 9. The summed E-state index contributed by atoms with van der Waals surface area (Å²) in [6.45, 7) is 4.46. The Morgan fingerprint density at radius 1 is 1.43 bits per heavy atom. The molecule has 7 nitrogen and oxygen atoms in total. The lowest BCUT2D eigenvalue weighted by Gasteiger charge is -2.16. The van der Waals surface area contributed by atoms with Crippen molar-refractivity contribution in [3.8, 4) is 5.75 Å². The van der Waals surface area contributed by atoms with Crippen molar-refractivity contribution < 1.29 is 14.5 Å². The van der Waals surface area contributed by atoms with Crippen LogP contribution in [-0.2, 0) is 0 Å². The van der Waals surface area contributed by atoms with Gasteiger partial charge in [-0.3, -0.25) is 14.9 Å². The zero-order valence-corrected chi connectivity index (χ0v) is 14.2. The van der Waals surface area contributed by atoms with Crippen LogP contribution in [0.5, 0.6) is 5.75 Å². The molecule has 0 saturated carbocycles.